The van der Waals surface area contributed by atoms with Gasteiger partial charge < -0.3 is 5.11 Å². The Morgan fingerprint density at radius 2 is 1.56 bits per heavy atom. The summed E-state index contributed by atoms with van der Waals surface area (Å²) in [5, 5.41) is 10.9. The van der Waals surface area contributed by atoms with Crippen molar-refractivity contribution >= 4 is 0 Å². The molecule has 0 heterocycles. The van der Waals surface area contributed by atoms with Gasteiger partial charge in [0.25, 0.3) is 0 Å². The van der Waals surface area contributed by atoms with E-state index in [0.717, 1.165) is 22.3 Å². The molecule has 0 bridgehead atoms. The van der Waals surface area contributed by atoms with Crippen LogP contribution in [-0.2, 0) is 5.60 Å². The van der Waals surface area contributed by atoms with Gasteiger partial charge in [0.05, 0.1) is 0 Å². The van der Waals surface area contributed by atoms with Gasteiger partial charge in [-0.25, -0.2) is 0 Å². The van der Waals surface area contributed by atoms with Crippen molar-refractivity contribution in [3.63, 3.8) is 0 Å². The first-order valence-corrected chi connectivity index (χ1v) is 6.28. The molecule has 2 aromatic carbocycles. The van der Waals surface area contributed by atoms with Gasteiger partial charge in [0.15, 0.2) is 0 Å². The molecule has 2 aromatic rings. The average Bonchev–Trinajstić information content (AvgIpc) is 2.32. The van der Waals surface area contributed by atoms with Crippen molar-refractivity contribution in [2.24, 2.45) is 0 Å². The van der Waals surface area contributed by atoms with E-state index in [1.165, 1.54) is 5.56 Å². The highest BCUT2D eigenvalue weighted by atomic mass is 16.3. The van der Waals surface area contributed by atoms with Crippen LogP contribution in [0.4, 0.5) is 0 Å². The first-order valence-electron chi connectivity index (χ1n) is 6.28. The van der Waals surface area contributed by atoms with Crippen LogP contribution in [0.3, 0.4) is 0 Å². The Morgan fingerprint density at radius 1 is 0.889 bits per heavy atom. The van der Waals surface area contributed by atoms with E-state index in [1.807, 2.05) is 45.0 Å². The van der Waals surface area contributed by atoms with Gasteiger partial charge >= 0.3 is 0 Å². The third kappa shape index (κ3) is 2.32. The van der Waals surface area contributed by atoms with Crippen molar-refractivity contribution in [2.45, 2.75) is 33.3 Å². The number of hydrogen-bond acceptors (Lipinski definition) is 1. The molecule has 1 unspecified atom stereocenters. The molecule has 0 aliphatic rings. The highest BCUT2D eigenvalue weighted by Crippen LogP contribution is 2.32. The van der Waals surface area contributed by atoms with E-state index < -0.39 is 5.60 Å². The van der Waals surface area contributed by atoms with Crippen molar-refractivity contribution in [2.75, 3.05) is 0 Å². The Bertz CT molecular complexity index is 568. The molecule has 0 aromatic heterocycles. The normalized spacial score (nSPS) is 14.3. The van der Waals surface area contributed by atoms with E-state index in [-0.39, 0.29) is 0 Å². The number of aliphatic hydroxyl groups is 1. The summed E-state index contributed by atoms with van der Waals surface area (Å²) in [7, 11) is 0. The fourth-order valence-corrected chi connectivity index (χ4v) is 2.36. The molecule has 0 saturated heterocycles. The van der Waals surface area contributed by atoms with Gasteiger partial charge in [0.1, 0.15) is 5.60 Å². The highest BCUT2D eigenvalue weighted by molar-refractivity contribution is 5.42. The number of aryl methyl sites for hydroxylation is 3. The summed E-state index contributed by atoms with van der Waals surface area (Å²) in [5.74, 6) is 0. The predicted octanol–water partition coefficient (Wildman–Crippen LogP) is 3.87. The van der Waals surface area contributed by atoms with Crippen LogP contribution in [0.15, 0.2) is 42.5 Å². The van der Waals surface area contributed by atoms with Crippen molar-refractivity contribution in [3.05, 3.63) is 70.3 Å². The van der Waals surface area contributed by atoms with Crippen molar-refractivity contribution in [1.82, 2.24) is 0 Å². The average molecular weight is 240 g/mol. The van der Waals surface area contributed by atoms with Crippen LogP contribution in [0.5, 0.6) is 0 Å². The van der Waals surface area contributed by atoms with Crippen LogP contribution in [-0.4, -0.2) is 5.11 Å². The molecule has 2 rings (SSSR count). The lowest BCUT2D eigenvalue weighted by molar-refractivity contribution is 0.101. The second kappa shape index (κ2) is 4.58. The highest BCUT2D eigenvalue weighted by Gasteiger charge is 2.27. The van der Waals surface area contributed by atoms with E-state index in [4.69, 9.17) is 0 Å². The van der Waals surface area contributed by atoms with Crippen molar-refractivity contribution < 1.29 is 5.11 Å². The molecular weight excluding hydrogens is 220 g/mol. The first-order chi connectivity index (χ1) is 8.41. The zero-order valence-electron chi connectivity index (χ0n) is 11.5. The molecule has 94 valence electrons. The largest absolute Gasteiger partial charge is 0.381 e. The van der Waals surface area contributed by atoms with Crippen LogP contribution in [0.1, 0.15) is 34.7 Å². The maximum atomic E-state index is 10.9. The smallest absolute Gasteiger partial charge is 0.112 e. The van der Waals surface area contributed by atoms with Crippen LogP contribution in [0, 0.1) is 20.8 Å². The van der Waals surface area contributed by atoms with Gasteiger partial charge in [0, 0.05) is 0 Å². The van der Waals surface area contributed by atoms with E-state index >= 15 is 0 Å². The van der Waals surface area contributed by atoms with Gasteiger partial charge in [-0.2, -0.15) is 0 Å². The zero-order chi connectivity index (χ0) is 13.3. The molecule has 18 heavy (non-hydrogen) atoms. The summed E-state index contributed by atoms with van der Waals surface area (Å²) >= 11 is 0. The molecule has 0 fully saturated rings. The monoisotopic (exact) mass is 240 g/mol. The molecule has 1 N–H and O–H groups in total. The number of rotatable bonds is 2. The number of hydrogen-bond donors (Lipinski definition) is 1. The molecule has 0 amide bonds. The van der Waals surface area contributed by atoms with Crippen LogP contribution < -0.4 is 0 Å². The minimum absolute atomic E-state index is 0.941. The SMILES string of the molecule is Cc1cccc(C(C)(O)c2cc(C)ccc2C)c1. The third-order valence-electron chi connectivity index (χ3n) is 3.50. The summed E-state index contributed by atoms with van der Waals surface area (Å²) in [6, 6.07) is 14.3. The number of benzene rings is 2. The maximum absolute atomic E-state index is 10.9. The van der Waals surface area contributed by atoms with Crippen LogP contribution in [0.25, 0.3) is 0 Å². The Hall–Kier alpha value is -1.60. The van der Waals surface area contributed by atoms with Gasteiger partial charge in [0.2, 0.25) is 0 Å². The van der Waals surface area contributed by atoms with E-state index in [9.17, 15) is 5.11 Å². The lowest BCUT2D eigenvalue weighted by Gasteiger charge is -2.27. The molecule has 0 aliphatic heterocycles. The van der Waals surface area contributed by atoms with Gasteiger partial charge in [-0.3, -0.25) is 0 Å². The summed E-state index contributed by atoms with van der Waals surface area (Å²) in [4.78, 5) is 0. The lowest BCUT2D eigenvalue weighted by Crippen LogP contribution is -2.24. The van der Waals surface area contributed by atoms with E-state index in [0.29, 0.717) is 0 Å². The first kappa shape index (κ1) is 12.8. The Labute approximate surface area is 109 Å². The molecule has 0 saturated carbocycles. The molecule has 0 radical (unpaired) electrons. The van der Waals surface area contributed by atoms with Crippen LogP contribution >= 0.6 is 0 Å². The molecule has 1 heteroatoms. The Morgan fingerprint density at radius 3 is 2.22 bits per heavy atom. The van der Waals surface area contributed by atoms with E-state index in [2.05, 4.69) is 25.1 Å². The maximum Gasteiger partial charge on any atom is 0.112 e. The quantitative estimate of drug-likeness (QED) is 0.845. The summed E-state index contributed by atoms with van der Waals surface area (Å²) in [5.41, 5.74) is 4.43. The molecule has 1 nitrogen and oxygen atoms in total. The minimum atomic E-state index is -0.942. The van der Waals surface area contributed by atoms with Gasteiger partial charge in [-0.15, -0.1) is 0 Å². The lowest BCUT2D eigenvalue weighted by atomic mass is 9.84. The van der Waals surface area contributed by atoms with Gasteiger partial charge in [-0.1, -0.05) is 53.6 Å². The summed E-state index contributed by atoms with van der Waals surface area (Å²) in [6.07, 6.45) is 0. The van der Waals surface area contributed by atoms with Crippen molar-refractivity contribution in [1.29, 1.82) is 0 Å². The van der Waals surface area contributed by atoms with Gasteiger partial charge in [-0.05, 0) is 44.4 Å². The summed E-state index contributed by atoms with van der Waals surface area (Å²) < 4.78 is 0. The van der Waals surface area contributed by atoms with Crippen LogP contribution in [0.2, 0.25) is 0 Å². The fraction of sp³-hybridized carbons (Fsp3) is 0.294. The third-order valence-corrected chi connectivity index (χ3v) is 3.50. The molecular formula is C17H20O. The molecule has 0 spiro atoms. The second-order valence-electron chi connectivity index (χ2n) is 5.26. The molecule has 0 aliphatic carbocycles. The minimum Gasteiger partial charge on any atom is -0.381 e. The predicted molar refractivity (Wildman–Crippen MR) is 75.8 cm³/mol. The summed E-state index contributed by atoms with van der Waals surface area (Å²) in [6.45, 7) is 8.00. The topological polar surface area (TPSA) is 20.2 Å². The van der Waals surface area contributed by atoms with E-state index in [1.54, 1.807) is 0 Å². The standard InChI is InChI=1S/C17H20O/c1-12-6-5-7-15(10-12)17(4,18)16-11-13(2)8-9-14(16)3/h5-11,18H,1-4H3. The second-order valence-corrected chi connectivity index (χ2v) is 5.26. The van der Waals surface area contributed by atoms with Crippen molar-refractivity contribution in [3.8, 4) is 0 Å². The Balaban J connectivity index is 2.57. The fourth-order valence-electron chi connectivity index (χ4n) is 2.36. The molecule has 1 atom stereocenters. The zero-order valence-corrected chi connectivity index (χ0v) is 11.5. The Kier molecular flexibility index (Phi) is 3.27.